The van der Waals surface area contributed by atoms with Gasteiger partial charge in [0.25, 0.3) is 0 Å². The van der Waals surface area contributed by atoms with Gasteiger partial charge in [-0.05, 0) is 24.2 Å². The number of nitrogens with one attached hydrogen (secondary N) is 1. The van der Waals surface area contributed by atoms with Crippen molar-refractivity contribution in [2.24, 2.45) is 22.7 Å². The number of rotatable bonds is 1. The van der Waals surface area contributed by atoms with Gasteiger partial charge in [-0.25, -0.2) is 0 Å². The molecule has 0 radical (unpaired) electrons. The molecule has 1 aliphatic carbocycles. The van der Waals surface area contributed by atoms with Crippen LogP contribution in [0.4, 0.5) is 0 Å². The molecule has 1 N–H and O–H groups in total. The summed E-state index contributed by atoms with van der Waals surface area (Å²) >= 11 is 1.89. The number of hydrogen-bond donors (Lipinski definition) is 1. The summed E-state index contributed by atoms with van der Waals surface area (Å²) < 4.78 is 0. The molecule has 1 fully saturated rings. The van der Waals surface area contributed by atoms with Crippen LogP contribution in [0.1, 0.15) is 27.2 Å². The predicted octanol–water partition coefficient (Wildman–Crippen LogP) is 2.36. The summed E-state index contributed by atoms with van der Waals surface area (Å²) in [5.41, 5.74) is 0. The molecule has 1 heterocycles. The molecule has 2 rings (SSSR count). The first-order chi connectivity index (χ1) is 6.66. The van der Waals surface area contributed by atoms with Crippen molar-refractivity contribution in [1.29, 1.82) is 0 Å². The lowest BCUT2D eigenvalue weighted by atomic mass is 9.72. The van der Waals surface area contributed by atoms with Gasteiger partial charge < -0.3 is 5.32 Å². The fourth-order valence-electron chi connectivity index (χ4n) is 2.03. The van der Waals surface area contributed by atoms with Crippen LogP contribution in [0.2, 0.25) is 0 Å². The van der Waals surface area contributed by atoms with Gasteiger partial charge in [0, 0.05) is 18.3 Å². The molecule has 80 valence electrons. The van der Waals surface area contributed by atoms with Crippen molar-refractivity contribution in [3.63, 3.8) is 0 Å². The zero-order chi connectivity index (χ0) is 10.1. The van der Waals surface area contributed by atoms with Gasteiger partial charge in [0.2, 0.25) is 0 Å². The highest BCUT2D eigenvalue weighted by atomic mass is 32.2. The smallest absolute Gasteiger partial charge is 0.156 e. The highest BCUT2D eigenvalue weighted by Gasteiger charge is 2.35. The number of nitrogens with zero attached hydrogens (tertiary/aromatic N) is 1. The average Bonchev–Trinajstić information content (AvgIpc) is 2.20. The van der Waals surface area contributed by atoms with Crippen LogP contribution in [0.25, 0.3) is 0 Å². The van der Waals surface area contributed by atoms with E-state index in [0.717, 1.165) is 24.3 Å². The molecule has 0 bridgehead atoms. The van der Waals surface area contributed by atoms with E-state index < -0.39 is 0 Å². The lowest BCUT2D eigenvalue weighted by Gasteiger charge is -2.42. The second-order valence-corrected chi connectivity index (χ2v) is 5.89. The molecule has 14 heavy (non-hydrogen) atoms. The van der Waals surface area contributed by atoms with Gasteiger partial charge in [-0.3, -0.25) is 4.99 Å². The molecule has 2 nitrogen and oxygen atoms in total. The molecule has 4 unspecified atom stereocenters. The molecule has 1 aliphatic heterocycles. The van der Waals surface area contributed by atoms with Gasteiger partial charge in [-0.15, -0.1) is 0 Å². The lowest BCUT2D eigenvalue weighted by Crippen LogP contribution is -2.50. The van der Waals surface area contributed by atoms with Crippen molar-refractivity contribution in [2.45, 2.75) is 33.2 Å². The minimum atomic E-state index is 0.685. The summed E-state index contributed by atoms with van der Waals surface area (Å²) in [5, 5.41) is 4.76. The summed E-state index contributed by atoms with van der Waals surface area (Å²) in [6.45, 7) is 7.94. The van der Waals surface area contributed by atoms with E-state index in [1.807, 2.05) is 11.8 Å². The van der Waals surface area contributed by atoms with E-state index in [1.54, 1.807) is 0 Å². The van der Waals surface area contributed by atoms with Crippen LogP contribution in [0.3, 0.4) is 0 Å². The maximum Gasteiger partial charge on any atom is 0.156 e. The van der Waals surface area contributed by atoms with Crippen molar-refractivity contribution >= 4 is 16.9 Å². The first kappa shape index (κ1) is 10.3. The Balaban J connectivity index is 1.81. The molecule has 2 aliphatic rings. The zero-order valence-corrected chi connectivity index (χ0v) is 10.1. The lowest BCUT2D eigenvalue weighted by molar-refractivity contribution is 0.156. The summed E-state index contributed by atoms with van der Waals surface area (Å²) in [7, 11) is 0. The van der Waals surface area contributed by atoms with Crippen molar-refractivity contribution in [3.8, 4) is 0 Å². The van der Waals surface area contributed by atoms with Gasteiger partial charge in [0.05, 0.1) is 0 Å². The summed E-state index contributed by atoms with van der Waals surface area (Å²) in [5.74, 6) is 3.68. The third-order valence-electron chi connectivity index (χ3n) is 3.52. The van der Waals surface area contributed by atoms with Gasteiger partial charge in [-0.1, -0.05) is 32.5 Å². The van der Waals surface area contributed by atoms with E-state index in [4.69, 9.17) is 0 Å². The molecule has 0 saturated heterocycles. The van der Waals surface area contributed by atoms with Crippen LogP contribution in [0, 0.1) is 17.8 Å². The Morgan fingerprint density at radius 2 is 2.14 bits per heavy atom. The molecular formula is C11H20N2S. The van der Waals surface area contributed by atoms with Gasteiger partial charge in [0.15, 0.2) is 5.17 Å². The van der Waals surface area contributed by atoms with Crippen molar-refractivity contribution in [1.82, 2.24) is 5.32 Å². The molecule has 0 aromatic heterocycles. The average molecular weight is 212 g/mol. The van der Waals surface area contributed by atoms with E-state index in [9.17, 15) is 0 Å². The standard InChI is InChI=1S/C11H20N2S/c1-7-5-12-11(14-6-7)13-10-4-8(2)9(10)3/h7-10H,4-6H2,1-3H3,(H,12,13). The first-order valence-electron chi connectivity index (χ1n) is 5.60. The van der Waals surface area contributed by atoms with Crippen LogP contribution >= 0.6 is 11.8 Å². The Hall–Kier alpha value is -0.180. The number of hydrogen-bond acceptors (Lipinski definition) is 3. The molecule has 0 aromatic rings. The highest BCUT2D eigenvalue weighted by Crippen LogP contribution is 2.34. The number of aliphatic imine (C=N–C) groups is 1. The molecule has 3 heteroatoms. The van der Waals surface area contributed by atoms with E-state index in [2.05, 4.69) is 31.1 Å². The van der Waals surface area contributed by atoms with E-state index >= 15 is 0 Å². The van der Waals surface area contributed by atoms with Gasteiger partial charge in [0.1, 0.15) is 0 Å². The first-order valence-corrected chi connectivity index (χ1v) is 6.59. The molecular weight excluding hydrogens is 192 g/mol. The second kappa shape index (κ2) is 4.13. The number of amidine groups is 1. The minimum absolute atomic E-state index is 0.685. The minimum Gasteiger partial charge on any atom is -0.362 e. The van der Waals surface area contributed by atoms with E-state index in [-0.39, 0.29) is 0 Å². The summed E-state index contributed by atoms with van der Waals surface area (Å²) in [6.07, 6.45) is 1.32. The van der Waals surface area contributed by atoms with Crippen molar-refractivity contribution in [2.75, 3.05) is 12.3 Å². The SMILES string of the molecule is CC1CN=C(NC2CC(C)C2C)SC1. The van der Waals surface area contributed by atoms with Crippen molar-refractivity contribution in [3.05, 3.63) is 0 Å². The van der Waals surface area contributed by atoms with Crippen LogP contribution in [0.5, 0.6) is 0 Å². The van der Waals surface area contributed by atoms with E-state index in [1.165, 1.54) is 17.3 Å². The predicted molar refractivity (Wildman–Crippen MR) is 63.8 cm³/mol. The Morgan fingerprint density at radius 3 is 2.64 bits per heavy atom. The zero-order valence-electron chi connectivity index (χ0n) is 9.29. The fraction of sp³-hybridized carbons (Fsp3) is 0.909. The fourth-order valence-corrected chi connectivity index (χ4v) is 2.97. The maximum absolute atomic E-state index is 4.56. The van der Waals surface area contributed by atoms with Gasteiger partial charge >= 0.3 is 0 Å². The molecule has 4 atom stereocenters. The van der Waals surface area contributed by atoms with Crippen LogP contribution < -0.4 is 5.32 Å². The summed E-state index contributed by atoms with van der Waals surface area (Å²) in [4.78, 5) is 4.56. The topological polar surface area (TPSA) is 24.4 Å². The molecule has 0 spiro atoms. The third kappa shape index (κ3) is 2.08. The molecule has 1 saturated carbocycles. The Labute approximate surface area is 90.9 Å². The van der Waals surface area contributed by atoms with Crippen LogP contribution in [0.15, 0.2) is 4.99 Å². The Morgan fingerprint density at radius 1 is 1.36 bits per heavy atom. The summed E-state index contributed by atoms with van der Waals surface area (Å²) in [6, 6.07) is 0.685. The second-order valence-electron chi connectivity index (χ2n) is 4.88. The normalized spacial score (nSPS) is 42.6. The number of thioether (sulfide) groups is 1. The van der Waals surface area contributed by atoms with E-state index in [0.29, 0.717) is 6.04 Å². The monoisotopic (exact) mass is 212 g/mol. The van der Waals surface area contributed by atoms with Crippen molar-refractivity contribution < 1.29 is 0 Å². The van der Waals surface area contributed by atoms with Crippen LogP contribution in [-0.4, -0.2) is 23.5 Å². The molecule has 0 aromatic carbocycles. The quantitative estimate of drug-likeness (QED) is 0.721. The molecule has 0 amide bonds. The third-order valence-corrected chi connectivity index (χ3v) is 4.77. The highest BCUT2D eigenvalue weighted by molar-refractivity contribution is 8.13. The van der Waals surface area contributed by atoms with Crippen LogP contribution in [-0.2, 0) is 0 Å². The maximum atomic E-state index is 4.56. The Bertz CT molecular complexity index is 239. The Kier molecular flexibility index (Phi) is 3.05. The van der Waals surface area contributed by atoms with Gasteiger partial charge in [-0.2, -0.15) is 0 Å². The largest absolute Gasteiger partial charge is 0.362 e.